The summed E-state index contributed by atoms with van der Waals surface area (Å²) in [7, 11) is 1.67. The van der Waals surface area contributed by atoms with Crippen molar-refractivity contribution in [3.05, 3.63) is 46.9 Å². The summed E-state index contributed by atoms with van der Waals surface area (Å²) in [5, 5.41) is 0.701. The fraction of sp³-hybridized carbons (Fsp3) is 0.421. The van der Waals surface area contributed by atoms with Crippen LogP contribution in [0.3, 0.4) is 0 Å². The first-order valence-corrected chi connectivity index (χ1v) is 10.0. The minimum atomic E-state index is -0.179. The molecule has 2 aromatic rings. The standard InChI is InChI=1S/C19H22N4O3S/c1-26-16-5-3-2-4-15(16)21-8-10-22(11-9-21)18(25)14-12-23-17(24)6-7-20-19(23)27-13-14/h2-7,14H,8-13H2,1H3. The number of amides is 1. The number of para-hydroxylation sites is 2. The lowest BCUT2D eigenvalue weighted by Gasteiger charge is -2.38. The van der Waals surface area contributed by atoms with E-state index in [9.17, 15) is 9.59 Å². The lowest BCUT2D eigenvalue weighted by atomic mass is 10.1. The molecule has 0 radical (unpaired) electrons. The lowest BCUT2D eigenvalue weighted by molar-refractivity contribution is -0.135. The molecule has 0 saturated carbocycles. The number of nitrogens with zero attached hydrogens (tertiary/aromatic N) is 4. The van der Waals surface area contributed by atoms with Crippen LogP contribution in [0, 0.1) is 5.92 Å². The van der Waals surface area contributed by atoms with E-state index in [-0.39, 0.29) is 17.4 Å². The van der Waals surface area contributed by atoms with Crippen molar-refractivity contribution in [2.75, 3.05) is 43.9 Å². The molecule has 1 fully saturated rings. The number of anilines is 1. The predicted octanol–water partition coefficient (Wildman–Crippen LogP) is 1.32. The lowest BCUT2D eigenvalue weighted by Crippen LogP contribution is -2.52. The van der Waals surface area contributed by atoms with Gasteiger partial charge in [-0.05, 0) is 12.1 Å². The van der Waals surface area contributed by atoms with Crippen LogP contribution in [0.15, 0.2) is 46.5 Å². The van der Waals surface area contributed by atoms with Gasteiger partial charge in [-0.3, -0.25) is 14.2 Å². The third-order valence-corrected chi connectivity index (χ3v) is 6.24. The zero-order valence-corrected chi connectivity index (χ0v) is 16.0. The fourth-order valence-electron chi connectivity index (χ4n) is 3.62. The molecule has 2 aliphatic heterocycles. The highest BCUT2D eigenvalue weighted by Gasteiger charge is 2.31. The Kier molecular flexibility index (Phi) is 5.07. The molecule has 1 unspecified atom stereocenters. The Morgan fingerprint density at radius 1 is 1.19 bits per heavy atom. The number of piperazine rings is 1. The van der Waals surface area contributed by atoms with Gasteiger partial charge in [-0.1, -0.05) is 23.9 Å². The van der Waals surface area contributed by atoms with Crippen LogP contribution in [0.1, 0.15) is 0 Å². The zero-order valence-electron chi connectivity index (χ0n) is 15.2. The van der Waals surface area contributed by atoms with E-state index in [1.165, 1.54) is 24.0 Å². The van der Waals surface area contributed by atoms with Gasteiger partial charge in [0.05, 0.1) is 18.7 Å². The van der Waals surface area contributed by atoms with Gasteiger partial charge in [0.2, 0.25) is 5.91 Å². The summed E-state index contributed by atoms with van der Waals surface area (Å²) in [5.41, 5.74) is 0.970. The molecular formula is C19H22N4O3S. The summed E-state index contributed by atoms with van der Waals surface area (Å²) in [6.45, 7) is 3.30. The number of thioether (sulfide) groups is 1. The predicted molar refractivity (Wildman–Crippen MR) is 104 cm³/mol. The molecule has 0 N–H and O–H groups in total. The Bertz CT molecular complexity index is 893. The zero-order chi connectivity index (χ0) is 18.8. The molecule has 8 heteroatoms. The molecule has 0 bridgehead atoms. The topological polar surface area (TPSA) is 67.7 Å². The third kappa shape index (κ3) is 3.53. The minimum Gasteiger partial charge on any atom is -0.495 e. The first-order valence-electron chi connectivity index (χ1n) is 9.03. The Labute approximate surface area is 161 Å². The summed E-state index contributed by atoms with van der Waals surface area (Å²) in [4.78, 5) is 33.4. The maximum atomic E-state index is 13.0. The first kappa shape index (κ1) is 17.9. The smallest absolute Gasteiger partial charge is 0.254 e. The highest BCUT2D eigenvalue weighted by atomic mass is 32.2. The van der Waals surface area contributed by atoms with Crippen LogP contribution in [0.5, 0.6) is 5.75 Å². The van der Waals surface area contributed by atoms with E-state index < -0.39 is 0 Å². The van der Waals surface area contributed by atoms with E-state index in [1.54, 1.807) is 11.7 Å². The molecule has 27 heavy (non-hydrogen) atoms. The molecule has 4 rings (SSSR count). The number of rotatable bonds is 3. The van der Waals surface area contributed by atoms with E-state index in [0.29, 0.717) is 30.5 Å². The average Bonchev–Trinajstić information content (AvgIpc) is 2.73. The van der Waals surface area contributed by atoms with E-state index in [4.69, 9.17) is 4.74 Å². The maximum absolute atomic E-state index is 13.0. The number of aromatic nitrogens is 2. The second-order valence-corrected chi connectivity index (χ2v) is 7.66. The van der Waals surface area contributed by atoms with Gasteiger partial charge in [-0.15, -0.1) is 0 Å². The fourth-order valence-corrected chi connectivity index (χ4v) is 4.67. The second-order valence-electron chi connectivity index (χ2n) is 6.67. The van der Waals surface area contributed by atoms with Crippen molar-refractivity contribution in [3.8, 4) is 5.75 Å². The minimum absolute atomic E-state index is 0.0917. The van der Waals surface area contributed by atoms with E-state index in [2.05, 4.69) is 9.88 Å². The van der Waals surface area contributed by atoms with Gasteiger partial charge in [-0.2, -0.15) is 0 Å². The van der Waals surface area contributed by atoms with E-state index >= 15 is 0 Å². The van der Waals surface area contributed by atoms with Crippen molar-refractivity contribution in [2.45, 2.75) is 11.7 Å². The quantitative estimate of drug-likeness (QED) is 0.742. The Morgan fingerprint density at radius 2 is 1.96 bits per heavy atom. The van der Waals surface area contributed by atoms with Crippen molar-refractivity contribution in [1.82, 2.24) is 14.5 Å². The molecule has 0 aliphatic carbocycles. The molecular weight excluding hydrogens is 364 g/mol. The van der Waals surface area contributed by atoms with E-state index in [1.807, 2.05) is 29.2 Å². The third-order valence-electron chi connectivity index (χ3n) is 5.08. The molecule has 142 valence electrons. The normalized spacial score (nSPS) is 19.5. The van der Waals surface area contributed by atoms with Gasteiger partial charge in [0.15, 0.2) is 5.16 Å². The summed E-state index contributed by atoms with van der Waals surface area (Å²) in [6, 6.07) is 9.40. The number of carbonyl (C=O) groups is 1. The molecule has 1 amide bonds. The molecule has 3 heterocycles. The molecule has 2 aliphatic rings. The Balaban J connectivity index is 1.41. The molecule has 7 nitrogen and oxygen atoms in total. The number of ether oxygens (including phenoxy) is 1. The Hall–Kier alpha value is -2.48. The van der Waals surface area contributed by atoms with Crippen LogP contribution >= 0.6 is 11.8 Å². The largest absolute Gasteiger partial charge is 0.495 e. The summed E-state index contributed by atoms with van der Waals surface area (Å²) in [5.74, 6) is 1.47. The van der Waals surface area contributed by atoms with Crippen LogP contribution < -0.4 is 15.2 Å². The SMILES string of the molecule is COc1ccccc1N1CCN(C(=O)C2CSc3nccc(=O)n3C2)CC1. The van der Waals surface area contributed by atoms with Crippen LogP contribution in [-0.4, -0.2) is 59.4 Å². The summed E-state index contributed by atoms with van der Waals surface area (Å²) >= 11 is 1.48. The number of methoxy groups -OCH3 is 1. The van der Waals surface area contributed by atoms with Crippen molar-refractivity contribution >= 4 is 23.4 Å². The first-order chi connectivity index (χ1) is 13.2. The number of hydrogen-bond donors (Lipinski definition) is 0. The van der Waals surface area contributed by atoms with Crippen molar-refractivity contribution in [1.29, 1.82) is 0 Å². The molecule has 0 spiro atoms. The van der Waals surface area contributed by atoms with E-state index in [0.717, 1.165) is 24.5 Å². The van der Waals surface area contributed by atoms with Crippen LogP contribution in [0.2, 0.25) is 0 Å². The van der Waals surface area contributed by atoms with Crippen molar-refractivity contribution < 1.29 is 9.53 Å². The highest BCUT2D eigenvalue weighted by molar-refractivity contribution is 7.99. The Morgan fingerprint density at radius 3 is 2.74 bits per heavy atom. The summed E-state index contributed by atoms with van der Waals surface area (Å²) < 4.78 is 7.06. The monoisotopic (exact) mass is 386 g/mol. The van der Waals surface area contributed by atoms with Crippen molar-refractivity contribution in [2.24, 2.45) is 5.92 Å². The van der Waals surface area contributed by atoms with Gasteiger partial charge in [0, 0.05) is 50.7 Å². The van der Waals surface area contributed by atoms with Crippen LogP contribution in [0.4, 0.5) is 5.69 Å². The average molecular weight is 386 g/mol. The van der Waals surface area contributed by atoms with Gasteiger partial charge in [0.25, 0.3) is 5.56 Å². The molecule has 1 aromatic heterocycles. The maximum Gasteiger partial charge on any atom is 0.254 e. The molecule has 1 saturated heterocycles. The van der Waals surface area contributed by atoms with Gasteiger partial charge in [-0.25, -0.2) is 4.98 Å². The van der Waals surface area contributed by atoms with Crippen LogP contribution in [0.25, 0.3) is 0 Å². The highest BCUT2D eigenvalue weighted by Crippen LogP contribution is 2.29. The molecule has 1 atom stereocenters. The second kappa shape index (κ2) is 7.64. The number of fused-ring (bicyclic) bond motifs is 1. The number of carbonyl (C=O) groups excluding carboxylic acids is 1. The van der Waals surface area contributed by atoms with Gasteiger partial charge >= 0.3 is 0 Å². The van der Waals surface area contributed by atoms with Gasteiger partial charge < -0.3 is 14.5 Å². The van der Waals surface area contributed by atoms with Gasteiger partial charge in [0.1, 0.15) is 5.75 Å². The van der Waals surface area contributed by atoms with Crippen LogP contribution in [-0.2, 0) is 11.3 Å². The number of benzene rings is 1. The van der Waals surface area contributed by atoms with Crippen molar-refractivity contribution in [3.63, 3.8) is 0 Å². The summed E-state index contributed by atoms with van der Waals surface area (Å²) in [6.07, 6.45) is 1.53. The molecule has 1 aromatic carbocycles. The number of hydrogen-bond acceptors (Lipinski definition) is 6.